The number of fused-ring (bicyclic) bond motifs is 4. The van der Waals surface area contributed by atoms with Crippen molar-refractivity contribution in [2.24, 2.45) is 0 Å². The molecule has 0 spiro atoms. The lowest BCUT2D eigenvalue weighted by molar-refractivity contribution is 0.463. The molecular weight excluding hydrogens is 458 g/mol. The molecule has 0 fully saturated rings. The Balaban J connectivity index is 1.29. The Morgan fingerprint density at radius 1 is 0.784 bits per heavy atom. The van der Waals surface area contributed by atoms with Crippen molar-refractivity contribution in [1.29, 1.82) is 0 Å². The average molecular weight is 487 g/mol. The fraction of sp³-hybridized carbons (Fsp3) is 0.0968. The van der Waals surface area contributed by atoms with Crippen molar-refractivity contribution in [3.05, 3.63) is 109 Å². The number of hydrogen-bond donors (Lipinski definition) is 0. The fourth-order valence-electron chi connectivity index (χ4n) is 5.15. The van der Waals surface area contributed by atoms with E-state index in [1.807, 2.05) is 65.2 Å². The molecule has 6 nitrogen and oxygen atoms in total. The molecule has 3 aromatic carbocycles. The summed E-state index contributed by atoms with van der Waals surface area (Å²) >= 11 is 0. The zero-order chi connectivity index (χ0) is 27.4. The summed E-state index contributed by atoms with van der Waals surface area (Å²) < 4.78 is 31.9. The van der Waals surface area contributed by atoms with Crippen molar-refractivity contribution in [2.75, 3.05) is 23.5 Å². The van der Waals surface area contributed by atoms with Gasteiger partial charge in [0.15, 0.2) is 0 Å². The molecule has 180 valence electrons. The van der Waals surface area contributed by atoms with E-state index in [-0.39, 0.29) is 5.56 Å². The zero-order valence-electron chi connectivity index (χ0n) is 23.2. The van der Waals surface area contributed by atoms with Crippen LogP contribution in [0.15, 0.2) is 103 Å². The van der Waals surface area contributed by atoms with Gasteiger partial charge in [-0.25, -0.2) is 9.97 Å². The Labute approximate surface area is 219 Å². The Bertz CT molecular complexity index is 1900. The van der Waals surface area contributed by atoms with Crippen LogP contribution in [0.5, 0.6) is 11.6 Å². The van der Waals surface area contributed by atoms with Gasteiger partial charge >= 0.3 is 0 Å². The van der Waals surface area contributed by atoms with Gasteiger partial charge in [-0.05, 0) is 60.9 Å². The predicted octanol–water partition coefficient (Wildman–Crippen LogP) is 7.22. The lowest BCUT2D eigenvalue weighted by atomic mass is 10.1. The molecule has 6 heteroatoms. The molecule has 3 aromatic heterocycles. The van der Waals surface area contributed by atoms with Crippen LogP contribution in [0.2, 0.25) is 0 Å². The van der Waals surface area contributed by atoms with E-state index in [0.29, 0.717) is 17.4 Å². The zero-order valence-corrected chi connectivity index (χ0v) is 20.2. The summed E-state index contributed by atoms with van der Waals surface area (Å²) in [5, 5.41) is 2.06. The number of benzene rings is 3. The molecule has 0 atom stereocenters. The summed E-state index contributed by atoms with van der Waals surface area (Å²) in [6.45, 7) is -1.50. The molecule has 0 saturated carbocycles. The molecule has 1 aliphatic heterocycles. The van der Waals surface area contributed by atoms with Gasteiger partial charge in [0, 0.05) is 52.1 Å². The molecular formula is C31H25N5O. The van der Waals surface area contributed by atoms with E-state index in [1.165, 1.54) is 11.8 Å². The topological polar surface area (TPSA) is 46.4 Å². The Morgan fingerprint density at radius 3 is 2.51 bits per heavy atom. The van der Waals surface area contributed by atoms with Crippen molar-refractivity contribution >= 4 is 38.9 Å². The van der Waals surface area contributed by atoms with E-state index in [2.05, 4.69) is 45.0 Å². The number of aryl methyl sites for hydroxylation is 1. The second-order valence-corrected chi connectivity index (χ2v) is 9.14. The minimum absolute atomic E-state index is 0.242. The van der Waals surface area contributed by atoms with Gasteiger partial charge < -0.3 is 14.5 Å². The molecule has 6 aromatic rings. The maximum Gasteiger partial charge on any atom is 0.221 e. The number of aromatic nitrogens is 3. The number of anilines is 3. The molecule has 4 heterocycles. The lowest BCUT2D eigenvalue weighted by Gasteiger charge is -2.20. The van der Waals surface area contributed by atoms with Crippen molar-refractivity contribution < 1.29 is 8.85 Å². The lowest BCUT2D eigenvalue weighted by Crippen LogP contribution is -2.23. The number of para-hydroxylation sites is 3. The Morgan fingerprint density at radius 2 is 1.59 bits per heavy atom. The monoisotopic (exact) mass is 486 g/mol. The quantitative estimate of drug-likeness (QED) is 0.263. The third-order valence-corrected chi connectivity index (χ3v) is 6.81. The third kappa shape index (κ3) is 3.57. The van der Waals surface area contributed by atoms with Crippen LogP contribution in [0.25, 0.3) is 27.6 Å². The highest BCUT2D eigenvalue weighted by Crippen LogP contribution is 2.40. The SMILES string of the molecule is [2H]C([2H])([2H])c1ccnc(-n2c3ccccc3c3ccc(Oc4cc(N5CN(C)c6ccccc65)ccn4)cc32)c1. The Hall–Kier alpha value is -4.84. The van der Waals surface area contributed by atoms with Crippen molar-refractivity contribution in [2.45, 2.75) is 6.85 Å². The minimum atomic E-state index is -2.23. The van der Waals surface area contributed by atoms with Gasteiger partial charge in [-0.1, -0.05) is 30.3 Å². The van der Waals surface area contributed by atoms with E-state index in [9.17, 15) is 0 Å². The minimum Gasteiger partial charge on any atom is -0.439 e. The molecule has 0 unspecified atom stereocenters. The van der Waals surface area contributed by atoms with Crippen LogP contribution in [0, 0.1) is 6.85 Å². The summed E-state index contributed by atoms with van der Waals surface area (Å²) in [7, 11) is 2.08. The number of nitrogens with zero attached hydrogens (tertiary/aromatic N) is 5. The summed E-state index contributed by atoms with van der Waals surface area (Å²) in [6.07, 6.45) is 3.30. The maximum atomic E-state index is 7.87. The molecule has 37 heavy (non-hydrogen) atoms. The van der Waals surface area contributed by atoms with Gasteiger partial charge in [-0.15, -0.1) is 0 Å². The molecule has 0 radical (unpaired) electrons. The normalized spacial score (nSPS) is 14.5. The van der Waals surface area contributed by atoms with Gasteiger partial charge in [-0.2, -0.15) is 0 Å². The first-order chi connectivity index (χ1) is 19.4. The smallest absolute Gasteiger partial charge is 0.221 e. The van der Waals surface area contributed by atoms with Crippen LogP contribution in [0.1, 0.15) is 9.68 Å². The number of pyridine rings is 2. The second-order valence-electron chi connectivity index (χ2n) is 9.14. The van der Waals surface area contributed by atoms with Gasteiger partial charge in [0.1, 0.15) is 11.6 Å². The van der Waals surface area contributed by atoms with E-state index in [4.69, 9.17) is 8.85 Å². The molecule has 0 N–H and O–H groups in total. The summed E-state index contributed by atoms with van der Waals surface area (Å²) in [4.78, 5) is 13.5. The first-order valence-corrected chi connectivity index (χ1v) is 12.1. The summed E-state index contributed by atoms with van der Waals surface area (Å²) in [5.74, 6) is 1.63. The molecule has 0 amide bonds. The van der Waals surface area contributed by atoms with Crippen LogP contribution in [-0.2, 0) is 0 Å². The number of rotatable bonds is 4. The van der Waals surface area contributed by atoms with Gasteiger partial charge in [0.05, 0.1) is 29.1 Å². The van der Waals surface area contributed by atoms with Crippen LogP contribution < -0.4 is 14.5 Å². The predicted molar refractivity (Wildman–Crippen MR) is 149 cm³/mol. The van der Waals surface area contributed by atoms with Gasteiger partial charge in [-0.3, -0.25) is 4.57 Å². The van der Waals surface area contributed by atoms with Gasteiger partial charge in [0.2, 0.25) is 5.88 Å². The van der Waals surface area contributed by atoms with E-state index in [1.54, 1.807) is 18.5 Å². The molecule has 0 bridgehead atoms. The maximum absolute atomic E-state index is 7.87. The average Bonchev–Trinajstić information content (AvgIpc) is 3.47. The first kappa shape index (κ1) is 18.4. The largest absolute Gasteiger partial charge is 0.439 e. The highest BCUT2D eigenvalue weighted by molar-refractivity contribution is 6.09. The molecule has 0 aliphatic carbocycles. The van der Waals surface area contributed by atoms with E-state index >= 15 is 0 Å². The Kier molecular flexibility index (Phi) is 4.17. The molecule has 7 rings (SSSR count). The van der Waals surface area contributed by atoms with Crippen molar-refractivity contribution in [3.8, 4) is 17.4 Å². The second kappa shape index (κ2) is 8.38. The van der Waals surface area contributed by atoms with E-state index in [0.717, 1.165) is 39.8 Å². The number of hydrogen-bond acceptors (Lipinski definition) is 5. The molecule has 1 aliphatic rings. The van der Waals surface area contributed by atoms with Crippen LogP contribution >= 0.6 is 0 Å². The van der Waals surface area contributed by atoms with Crippen LogP contribution in [0.4, 0.5) is 17.1 Å². The number of ether oxygens (including phenoxy) is 1. The summed E-state index contributed by atoms with van der Waals surface area (Å²) in [6, 6.07) is 29.3. The van der Waals surface area contributed by atoms with Crippen LogP contribution in [0.3, 0.4) is 0 Å². The van der Waals surface area contributed by atoms with Crippen LogP contribution in [-0.4, -0.2) is 28.3 Å². The third-order valence-electron chi connectivity index (χ3n) is 6.81. The first-order valence-electron chi connectivity index (χ1n) is 13.6. The van der Waals surface area contributed by atoms with Gasteiger partial charge in [0.25, 0.3) is 0 Å². The highest BCUT2D eigenvalue weighted by Gasteiger charge is 2.24. The van der Waals surface area contributed by atoms with Crippen molar-refractivity contribution in [3.63, 3.8) is 0 Å². The van der Waals surface area contributed by atoms with E-state index < -0.39 is 6.85 Å². The standard InChI is InChI=1S/C31H25N5O/c1-21-13-15-32-30(17-21)36-26-8-4-3-7-24(26)25-12-11-23(19-29(25)36)37-31-18-22(14-16-33-31)35-20-34(2)27-9-5-6-10-28(27)35/h3-19H,20H2,1-2H3/i1D3. The highest BCUT2D eigenvalue weighted by atomic mass is 16.5. The van der Waals surface area contributed by atoms with Crippen molar-refractivity contribution in [1.82, 2.24) is 14.5 Å². The fourth-order valence-corrected chi connectivity index (χ4v) is 5.15. The summed E-state index contributed by atoms with van der Waals surface area (Å²) in [5.41, 5.74) is 5.34. The molecule has 0 saturated heterocycles.